The third kappa shape index (κ3) is 4.90. The molecule has 0 N–H and O–H groups in total. The Morgan fingerprint density at radius 3 is 1.27 bits per heavy atom. The van der Waals surface area contributed by atoms with Gasteiger partial charge < -0.3 is 0 Å². The van der Waals surface area contributed by atoms with E-state index in [0.29, 0.717) is 0 Å². The maximum atomic E-state index is 5.06. The van der Waals surface area contributed by atoms with Gasteiger partial charge >= 0.3 is 0 Å². The molecule has 4 heterocycles. The van der Waals surface area contributed by atoms with Crippen LogP contribution >= 0.6 is 23.5 Å². The first-order valence-electron chi connectivity index (χ1n) is 15.0. The van der Waals surface area contributed by atoms with Gasteiger partial charge in [-0.05, 0) is 96.4 Å². The molecule has 4 aromatic carbocycles. The molecule has 0 unspecified atom stereocenters. The summed E-state index contributed by atoms with van der Waals surface area (Å²) in [7, 11) is 0. The van der Waals surface area contributed by atoms with Gasteiger partial charge in [0.05, 0.1) is 33.9 Å². The van der Waals surface area contributed by atoms with Crippen molar-refractivity contribution in [3.05, 3.63) is 108 Å². The number of rotatable bonds is 4. The van der Waals surface area contributed by atoms with E-state index >= 15 is 0 Å². The number of thioether (sulfide) groups is 2. The van der Waals surface area contributed by atoms with Crippen molar-refractivity contribution in [3.63, 3.8) is 0 Å². The molecule has 216 valence electrons. The highest BCUT2D eigenvalue weighted by Crippen LogP contribution is 2.39. The largest absolute Gasteiger partial charge is 0.269 e. The van der Waals surface area contributed by atoms with Crippen molar-refractivity contribution in [2.75, 3.05) is 11.5 Å². The molecule has 0 saturated carbocycles. The van der Waals surface area contributed by atoms with E-state index in [0.717, 1.165) is 55.5 Å². The molecule has 0 bridgehead atoms. The molecule has 6 aromatic rings. The molecule has 0 radical (unpaired) electrons. The van der Waals surface area contributed by atoms with Crippen molar-refractivity contribution in [3.8, 4) is 22.5 Å². The van der Waals surface area contributed by atoms with Crippen LogP contribution in [0.15, 0.2) is 107 Å². The third-order valence-corrected chi connectivity index (χ3v) is 11.1. The molecule has 0 aliphatic carbocycles. The molecule has 8 rings (SSSR count). The van der Waals surface area contributed by atoms with E-state index in [1.165, 1.54) is 32.3 Å². The summed E-state index contributed by atoms with van der Waals surface area (Å²) in [6.07, 6.45) is 0. The lowest BCUT2D eigenvalue weighted by Gasteiger charge is -2.13. The van der Waals surface area contributed by atoms with Crippen LogP contribution in [0, 0.1) is 0 Å². The summed E-state index contributed by atoms with van der Waals surface area (Å²) in [5, 5.41) is 9.49. The molecule has 44 heavy (non-hydrogen) atoms. The molecule has 6 heteroatoms. The Hall–Kier alpha value is -4.00. The van der Waals surface area contributed by atoms with Gasteiger partial charge in [-0.1, -0.05) is 60.7 Å². The minimum atomic E-state index is -0.0413. The first-order chi connectivity index (χ1) is 21.2. The number of hydrogen-bond acceptors (Lipinski definition) is 6. The van der Waals surface area contributed by atoms with Crippen LogP contribution in [-0.2, 0) is 0 Å². The van der Waals surface area contributed by atoms with Crippen LogP contribution in [0.25, 0.3) is 54.8 Å². The second kappa shape index (κ2) is 10.3. The number of aromatic nitrogens is 2. The second-order valence-corrected chi connectivity index (χ2v) is 14.8. The number of pyridine rings is 2. The number of benzene rings is 4. The van der Waals surface area contributed by atoms with E-state index < -0.39 is 0 Å². The SMILES string of the molecule is CC1(C)CSC(c2cccc(-c3ccc4c5ccc(-c6cccc(C7=NC(C)(C)CS7)n6)cc5c5ccccc5c4c3)n2)=N1. The Morgan fingerprint density at radius 1 is 0.455 bits per heavy atom. The zero-order valence-corrected chi connectivity index (χ0v) is 26.9. The fourth-order valence-electron chi connectivity index (χ4n) is 6.14. The molecular weight excluding hydrogens is 577 g/mol. The highest BCUT2D eigenvalue weighted by molar-refractivity contribution is 8.15. The predicted molar refractivity (Wildman–Crippen MR) is 192 cm³/mol. The van der Waals surface area contributed by atoms with Crippen molar-refractivity contribution in [2.24, 2.45) is 9.98 Å². The van der Waals surface area contributed by atoms with E-state index in [4.69, 9.17) is 20.0 Å². The first-order valence-corrected chi connectivity index (χ1v) is 17.0. The van der Waals surface area contributed by atoms with Crippen LogP contribution < -0.4 is 0 Å². The molecule has 2 aromatic heterocycles. The van der Waals surface area contributed by atoms with Crippen molar-refractivity contribution in [2.45, 2.75) is 38.8 Å². The predicted octanol–water partition coefficient (Wildman–Crippen LogP) is 9.81. The van der Waals surface area contributed by atoms with Gasteiger partial charge in [0.15, 0.2) is 0 Å². The van der Waals surface area contributed by atoms with Crippen molar-refractivity contribution in [1.82, 2.24) is 9.97 Å². The molecule has 0 atom stereocenters. The van der Waals surface area contributed by atoms with Crippen LogP contribution in [0.2, 0.25) is 0 Å². The van der Waals surface area contributed by atoms with Crippen LogP contribution in [0.5, 0.6) is 0 Å². The Kier molecular flexibility index (Phi) is 6.44. The second-order valence-electron chi connectivity index (χ2n) is 12.9. The molecular formula is C38H32N4S2. The summed E-state index contributed by atoms with van der Waals surface area (Å²) in [5.41, 5.74) is 5.98. The minimum absolute atomic E-state index is 0.0413. The van der Waals surface area contributed by atoms with Gasteiger partial charge in [-0.25, -0.2) is 9.97 Å². The van der Waals surface area contributed by atoms with Gasteiger partial charge in [0, 0.05) is 22.6 Å². The van der Waals surface area contributed by atoms with Gasteiger partial charge in [0.25, 0.3) is 0 Å². The summed E-state index contributed by atoms with van der Waals surface area (Å²) < 4.78 is 0. The standard InChI is InChI=1S/C38H32N4S2/c1-37(2)21-43-35(41-37)33-13-7-11-31(39-33)23-15-17-27-28-18-16-24(20-30(28)26-10-6-5-9-25(26)29(27)19-23)32-12-8-14-34(40-32)36-42-38(3,4)22-44-36/h5-20H,21-22H2,1-4H3. The van der Waals surface area contributed by atoms with E-state index in [2.05, 4.69) is 125 Å². The molecule has 0 amide bonds. The lowest BCUT2D eigenvalue weighted by Crippen LogP contribution is -2.15. The summed E-state index contributed by atoms with van der Waals surface area (Å²) >= 11 is 3.59. The zero-order chi connectivity index (χ0) is 30.1. The molecule has 0 saturated heterocycles. The summed E-state index contributed by atoms with van der Waals surface area (Å²) in [5.74, 6) is 1.97. The normalized spacial score (nSPS) is 17.4. The summed E-state index contributed by atoms with van der Waals surface area (Å²) in [6.45, 7) is 8.71. The third-order valence-electron chi connectivity index (χ3n) is 8.30. The molecule has 0 spiro atoms. The fraction of sp³-hybridized carbons (Fsp3) is 0.211. The van der Waals surface area contributed by atoms with Gasteiger partial charge in [-0.3, -0.25) is 9.98 Å². The topological polar surface area (TPSA) is 50.5 Å². The van der Waals surface area contributed by atoms with Crippen LogP contribution in [0.4, 0.5) is 0 Å². The van der Waals surface area contributed by atoms with Gasteiger partial charge in [0.1, 0.15) is 10.1 Å². The monoisotopic (exact) mass is 608 g/mol. The Bertz CT molecular complexity index is 2020. The van der Waals surface area contributed by atoms with Crippen molar-refractivity contribution >= 4 is 65.9 Å². The Labute approximate surface area is 266 Å². The average molecular weight is 609 g/mol. The lowest BCUT2D eigenvalue weighted by atomic mass is 9.91. The fourth-order valence-corrected chi connectivity index (χ4v) is 8.39. The van der Waals surface area contributed by atoms with Crippen LogP contribution in [0.1, 0.15) is 39.1 Å². The number of nitrogens with zero attached hydrogens (tertiary/aromatic N) is 4. The maximum Gasteiger partial charge on any atom is 0.117 e. The first kappa shape index (κ1) is 27.5. The van der Waals surface area contributed by atoms with E-state index in [9.17, 15) is 0 Å². The molecule has 4 nitrogen and oxygen atoms in total. The molecule has 0 fully saturated rings. The number of fused-ring (bicyclic) bond motifs is 6. The van der Waals surface area contributed by atoms with E-state index in [1.807, 2.05) is 0 Å². The Morgan fingerprint density at radius 2 is 0.864 bits per heavy atom. The van der Waals surface area contributed by atoms with Crippen molar-refractivity contribution < 1.29 is 0 Å². The zero-order valence-electron chi connectivity index (χ0n) is 25.3. The number of hydrogen-bond donors (Lipinski definition) is 0. The lowest BCUT2D eigenvalue weighted by molar-refractivity contribution is 0.604. The summed E-state index contributed by atoms with van der Waals surface area (Å²) in [6, 6.07) is 34.8. The van der Waals surface area contributed by atoms with Crippen molar-refractivity contribution in [1.29, 1.82) is 0 Å². The quantitative estimate of drug-likeness (QED) is 0.187. The Balaban J connectivity index is 1.24. The maximum absolute atomic E-state index is 5.06. The van der Waals surface area contributed by atoms with E-state index in [-0.39, 0.29) is 11.1 Å². The van der Waals surface area contributed by atoms with Gasteiger partial charge in [0.2, 0.25) is 0 Å². The minimum Gasteiger partial charge on any atom is -0.269 e. The van der Waals surface area contributed by atoms with Gasteiger partial charge in [-0.15, -0.1) is 23.5 Å². The smallest absolute Gasteiger partial charge is 0.117 e. The molecule has 2 aliphatic heterocycles. The van der Waals surface area contributed by atoms with Crippen LogP contribution in [0.3, 0.4) is 0 Å². The number of aliphatic imine (C=N–C) groups is 2. The average Bonchev–Trinajstić information content (AvgIpc) is 3.61. The van der Waals surface area contributed by atoms with Gasteiger partial charge in [-0.2, -0.15) is 0 Å². The molecule has 2 aliphatic rings. The highest BCUT2D eigenvalue weighted by atomic mass is 32.2. The van der Waals surface area contributed by atoms with Crippen LogP contribution in [-0.4, -0.2) is 42.6 Å². The highest BCUT2D eigenvalue weighted by Gasteiger charge is 2.28. The van der Waals surface area contributed by atoms with E-state index in [1.54, 1.807) is 23.5 Å². The summed E-state index contributed by atoms with van der Waals surface area (Å²) in [4.78, 5) is 20.0.